The third-order valence-electron chi connectivity index (χ3n) is 4.56. The quantitative estimate of drug-likeness (QED) is 0.747. The zero-order valence-electron chi connectivity index (χ0n) is 12.3. The van der Waals surface area contributed by atoms with E-state index in [1.807, 2.05) is 6.07 Å². The van der Waals surface area contributed by atoms with Crippen LogP contribution in [-0.4, -0.2) is 0 Å². The molecule has 0 amide bonds. The van der Waals surface area contributed by atoms with Crippen LogP contribution in [0.4, 0.5) is 0 Å². The van der Waals surface area contributed by atoms with Crippen LogP contribution in [0.25, 0.3) is 0 Å². The summed E-state index contributed by atoms with van der Waals surface area (Å²) < 4.78 is 0. The van der Waals surface area contributed by atoms with Gasteiger partial charge in [-0.3, -0.25) is 0 Å². The van der Waals surface area contributed by atoms with E-state index >= 15 is 0 Å². The Morgan fingerprint density at radius 3 is 2.67 bits per heavy atom. The first-order chi connectivity index (χ1) is 10.4. The predicted octanol–water partition coefficient (Wildman–Crippen LogP) is 5.33. The Morgan fingerprint density at radius 2 is 1.95 bits per heavy atom. The van der Waals surface area contributed by atoms with Gasteiger partial charge < -0.3 is 0 Å². The van der Waals surface area contributed by atoms with Gasteiger partial charge in [0.2, 0.25) is 0 Å². The summed E-state index contributed by atoms with van der Waals surface area (Å²) in [6, 6.07) is 12.9. The Kier molecular flexibility index (Phi) is 4.72. The molecule has 0 atom stereocenters. The van der Waals surface area contributed by atoms with E-state index < -0.39 is 0 Å². The number of hydrogen-bond donors (Lipinski definition) is 0. The minimum absolute atomic E-state index is 0.815. The highest BCUT2D eigenvalue weighted by molar-refractivity contribution is 7.09. The van der Waals surface area contributed by atoms with Crippen molar-refractivity contribution in [2.75, 3.05) is 0 Å². The van der Waals surface area contributed by atoms with Crippen molar-refractivity contribution in [1.29, 1.82) is 5.26 Å². The van der Waals surface area contributed by atoms with Crippen molar-refractivity contribution in [2.45, 2.75) is 44.9 Å². The summed E-state index contributed by atoms with van der Waals surface area (Å²) in [4.78, 5) is 1.35. The fraction of sp³-hybridized carbons (Fsp3) is 0.421. The van der Waals surface area contributed by atoms with Crippen LogP contribution in [0.3, 0.4) is 0 Å². The normalized spacial score (nSPS) is 15.8. The van der Waals surface area contributed by atoms with E-state index in [1.54, 1.807) is 11.3 Å². The number of nitrogens with zero attached hydrogens (tertiary/aromatic N) is 1. The van der Waals surface area contributed by atoms with E-state index in [0.717, 1.165) is 24.3 Å². The summed E-state index contributed by atoms with van der Waals surface area (Å²) in [5.41, 5.74) is 3.51. The van der Waals surface area contributed by atoms with Crippen LogP contribution in [0.1, 0.15) is 53.7 Å². The van der Waals surface area contributed by atoms with Gasteiger partial charge in [-0.1, -0.05) is 50.3 Å². The smallest absolute Gasteiger partial charge is 0.0994 e. The van der Waals surface area contributed by atoms with Gasteiger partial charge in [0.15, 0.2) is 0 Å². The standard InChI is InChI=1S/C19H21NS/c20-14-17-9-4-8-16(12-15-6-2-1-3-7-15)19(17)13-18-10-5-11-21-18/h4-5,8-11,15H,1-3,6-7,12-13H2. The highest BCUT2D eigenvalue weighted by Gasteiger charge is 2.17. The second-order valence-corrected chi connectivity index (χ2v) is 7.05. The van der Waals surface area contributed by atoms with Crippen LogP contribution < -0.4 is 0 Å². The van der Waals surface area contributed by atoms with Crippen LogP contribution >= 0.6 is 11.3 Å². The van der Waals surface area contributed by atoms with E-state index in [4.69, 9.17) is 0 Å². The number of hydrogen-bond acceptors (Lipinski definition) is 2. The average Bonchev–Trinajstić information content (AvgIpc) is 3.03. The molecule has 108 valence electrons. The lowest BCUT2D eigenvalue weighted by molar-refractivity contribution is 0.356. The van der Waals surface area contributed by atoms with E-state index in [1.165, 1.54) is 48.1 Å². The summed E-state index contributed by atoms with van der Waals surface area (Å²) in [5, 5.41) is 11.5. The largest absolute Gasteiger partial charge is 0.192 e. The van der Waals surface area contributed by atoms with Gasteiger partial charge in [-0.25, -0.2) is 0 Å². The minimum atomic E-state index is 0.815. The number of thiophene rings is 1. The molecule has 2 aromatic rings. The van der Waals surface area contributed by atoms with Gasteiger partial charge in [-0.15, -0.1) is 11.3 Å². The van der Waals surface area contributed by atoms with Crippen molar-refractivity contribution in [3.8, 4) is 6.07 Å². The van der Waals surface area contributed by atoms with Crippen LogP contribution in [0.5, 0.6) is 0 Å². The Morgan fingerprint density at radius 1 is 1.10 bits per heavy atom. The van der Waals surface area contributed by atoms with Crippen molar-refractivity contribution in [2.24, 2.45) is 5.92 Å². The molecule has 3 rings (SSSR count). The van der Waals surface area contributed by atoms with Gasteiger partial charge in [0.25, 0.3) is 0 Å². The van der Waals surface area contributed by atoms with Crippen molar-refractivity contribution >= 4 is 11.3 Å². The van der Waals surface area contributed by atoms with E-state index in [9.17, 15) is 5.26 Å². The first-order valence-electron chi connectivity index (χ1n) is 7.90. The van der Waals surface area contributed by atoms with Crippen molar-refractivity contribution in [3.05, 3.63) is 57.3 Å². The summed E-state index contributed by atoms with van der Waals surface area (Å²) >= 11 is 1.78. The van der Waals surface area contributed by atoms with Crippen LogP contribution in [0, 0.1) is 17.2 Å². The topological polar surface area (TPSA) is 23.8 Å². The first-order valence-corrected chi connectivity index (χ1v) is 8.78. The maximum Gasteiger partial charge on any atom is 0.0994 e. The third-order valence-corrected chi connectivity index (χ3v) is 5.43. The van der Waals surface area contributed by atoms with E-state index in [2.05, 4.69) is 35.7 Å². The monoisotopic (exact) mass is 295 g/mol. The highest BCUT2D eigenvalue weighted by Crippen LogP contribution is 2.30. The zero-order chi connectivity index (χ0) is 14.5. The Bertz CT molecular complexity index is 616. The molecule has 0 bridgehead atoms. The molecule has 1 aliphatic rings. The molecular formula is C19H21NS. The van der Waals surface area contributed by atoms with Crippen LogP contribution in [0.2, 0.25) is 0 Å². The molecule has 0 aliphatic heterocycles. The number of benzene rings is 1. The van der Waals surface area contributed by atoms with Gasteiger partial charge in [-0.05, 0) is 41.0 Å². The molecule has 1 saturated carbocycles. The molecule has 0 spiro atoms. The summed E-state index contributed by atoms with van der Waals surface area (Å²) in [7, 11) is 0. The maximum absolute atomic E-state index is 9.43. The Labute approximate surface area is 131 Å². The molecule has 0 unspecified atom stereocenters. The number of nitriles is 1. The molecule has 1 aliphatic carbocycles. The van der Waals surface area contributed by atoms with Crippen molar-refractivity contribution < 1.29 is 0 Å². The fourth-order valence-electron chi connectivity index (χ4n) is 3.43. The SMILES string of the molecule is N#Cc1cccc(CC2CCCCC2)c1Cc1cccs1. The lowest BCUT2D eigenvalue weighted by Gasteiger charge is -2.23. The van der Waals surface area contributed by atoms with Gasteiger partial charge in [0.1, 0.15) is 0 Å². The third kappa shape index (κ3) is 3.54. The molecule has 0 N–H and O–H groups in total. The van der Waals surface area contributed by atoms with Gasteiger partial charge in [0, 0.05) is 11.3 Å². The fourth-order valence-corrected chi connectivity index (χ4v) is 4.15. The first kappa shape index (κ1) is 14.4. The predicted molar refractivity (Wildman–Crippen MR) is 88.6 cm³/mol. The molecule has 1 nitrogen and oxygen atoms in total. The molecule has 21 heavy (non-hydrogen) atoms. The van der Waals surface area contributed by atoms with Crippen molar-refractivity contribution in [3.63, 3.8) is 0 Å². The minimum Gasteiger partial charge on any atom is -0.192 e. The zero-order valence-corrected chi connectivity index (χ0v) is 13.2. The number of rotatable bonds is 4. The highest BCUT2D eigenvalue weighted by atomic mass is 32.1. The molecular weight excluding hydrogens is 274 g/mol. The van der Waals surface area contributed by atoms with Gasteiger partial charge in [0.05, 0.1) is 11.6 Å². The van der Waals surface area contributed by atoms with Crippen molar-refractivity contribution in [1.82, 2.24) is 0 Å². The maximum atomic E-state index is 9.43. The van der Waals surface area contributed by atoms with E-state index in [-0.39, 0.29) is 0 Å². The van der Waals surface area contributed by atoms with E-state index in [0.29, 0.717) is 0 Å². The van der Waals surface area contributed by atoms with Gasteiger partial charge >= 0.3 is 0 Å². The summed E-state index contributed by atoms with van der Waals surface area (Å²) in [5.74, 6) is 0.815. The summed E-state index contributed by atoms with van der Waals surface area (Å²) in [6.45, 7) is 0. The summed E-state index contributed by atoms with van der Waals surface area (Å²) in [6.07, 6.45) is 8.92. The second-order valence-electron chi connectivity index (χ2n) is 6.02. The molecule has 1 aromatic heterocycles. The molecule has 1 aromatic carbocycles. The van der Waals surface area contributed by atoms with Crippen LogP contribution in [-0.2, 0) is 12.8 Å². The molecule has 2 heteroatoms. The average molecular weight is 295 g/mol. The molecule has 1 heterocycles. The Hall–Kier alpha value is -1.59. The molecule has 0 radical (unpaired) electrons. The lowest BCUT2D eigenvalue weighted by atomic mass is 9.83. The Balaban J connectivity index is 1.86. The lowest BCUT2D eigenvalue weighted by Crippen LogP contribution is -2.11. The molecule has 1 fully saturated rings. The van der Waals surface area contributed by atoms with Gasteiger partial charge in [-0.2, -0.15) is 5.26 Å². The molecule has 0 saturated heterocycles. The van der Waals surface area contributed by atoms with Crippen LogP contribution in [0.15, 0.2) is 35.7 Å². The second kappa shape index (κ2) is 6.91.